The fourth-order valence-electron chi connectivity index (χ4n) is 0.721. The number of aromatic nitrogens is 2. The molecule has 1 rings (SSSR count). The summed E-state index contributed by atoms with van der Waals surface area (Å²) in [7, 11) is 0. The number of carbonyl (C=O) groups is 1. The average Bonchev–Trinajstić information content (AvgIpc) is 2.39. The molecule has 0 radical (unpaired) electrons. The molecule has 0 aromatic carbocycles. The predicted molar refractivity (Wildman–Crippen MR) is 47.6 cm³/mol. The summed E-state index contributed by atoms with van der Waals surface area (Å²) < 4.78 is 0. The van der Waals surface area contributed by atoms with Crippen molar-refractivity contribution in [1.29, 1.82) is 0 Å². The number of carboxylic acid groups (broad SMARTS) is 1. The Balaban J connectivity index is -0.000000403. The molecule has 0 bridgehead atoms. The number of hydrogen-bond donors (Lipinski definition) is 3. The van der Waals surface area contributed by atoms with Crippen molar-refractivity contribution in [2.24, 2.45) is 5.73 Å². The summed E-state index contributed by atoms with van der Waals surface area (Å²) >= 11 is 0. The van der Waals surface area contributed by atoms with Crippen molar-refractivity contribution in [3.63, 3.8) is 0 Å². The molecule has 0 amide bonds. The number of imidazole rings is 1. The number of carboxylic acids is 1. The Hall–Kier alpha value is -1.51. The summed E-state index contributed by atoms with van der Waals surface area (Å²) in [5, 5.41) is 8.42. The Morgan fingerprint density at radius 2 is 2.21 bits per heavy atom. The Morgan fingerprint density at radius 1 is 1.64 bits per heavy atom. The summed E-state index contributed by atoms with van der Waals surface area (Å²) in [6.07, 6.45) is 3.34. The minimum Gasteiger partial charge on any atom is -0.480 e. The van der Waals surface area contributed by atoms with E-state index in [0.717, 1.165) is 5.69 Å². The highest BCUT2D eigenvalue weighted by Crippen LogP contribution is 1.95. The van der Waals surface area contributed by atoms with Gasteiger partial charge in [0.25, 0.3) is 0 Å². The standard InChI is InChI=1S/C6H9N3O2.FH.2H2O/c7-5(6(10)11)1-4-2-8-3-9-4;;;/h2-3,5H,1,7H2,(H,8,9)(H,10,11);1H;2*1H2/t5-;;;/m0.../s1. The number of rotatable bonds is 3. The van der Waals surface area contributed by atoms with Crippen molar-refractivity contribution < 1.29 is 25.6 Å². The quantitative estimate of drug-likeness (QED) is 0.521. The third kappa shape index (κ3) is 5.19. The van der Waals surface area contributed by atoms with Gasteiger partial charge in [-0.2, -0.15) is 0 Å². The van der Waals surface area contributed by atoms with Crippen LogP contribution in [0.25, 0.3) is 0 Å². The number of halogens is 1. The van der Waals surface area contributed by atoms with E-state index < -0.39 is 12.0 Å². The first-order chi connectivity index (χ1) is 5.20. The lowest BCUT2D eigenvalue weighted by Crippen LogP contribution is -2.32. The first-order valence-corrected chi connectivity index (χ1v) is 3.16. The maximum atomic E-state index is 10.3. The molecule has 1 atom stereocenters. The largest absolute Gasteiger partial charge is 0.480 e. The van der Waals surface area contributed by atoms with E-state index in [9.17, 15) is 4.79 Å². The molecule has 0 saturated carbocycles. The van der Waals surface area contributed by atoms with Gasteiger partial charge in [-0.25, -0.2) is 4.98 Å². The van der Waals surface area contributed by atoms with Gasteiger partial charge in [0.2, 0.25) is 0 Å². The number of nitrogens with zero attached hydrogens (tertiary/aromatic N) is 1. The van der Waals surface area contributed by atoms with Gasteiger partial charge in [0, 0.05) is 18.3 Å². The van der Waals surface area contributed by atoms with Crippen LogP contribution in [0.2, 0.25) is 0 Å². The fraction of sp³-hybridized carbons (Fsp3) is 0.333. The molecule has 0 spiro atoms. The number of aliphatic carboxylic acids is 1. The Labute approximate surface area is 78.9 Å². The van der Waals surface area contributed by atoms with E-state index in [1.807, 2.05) is 0 Å². The lowest BCUT2D eigenvalue weighted by atomic mass is 10.2. The highest BCUT2D eigenvalue weighted by Gasteiger charge is 2.11. The SMILES string of the molecule is F.N[C@@H](Cc1cnc[nH]1)C(=O)O.O.O. The molecule has 0 aliphatic rings. The molecular weight excluding hydrogens is 197 g/mol. The summed E-state index contributed by atoms with van der Waals surface area (Å²) in [4.78, 5) is 16.8. The minimum absolute atomic E-state index is 0. The number of H-pyrrole nitrogens is 1. The van der Waals surface area contributed by atoms with Gasteiger partial charge in [0.1, 0.15) is 6.04 Å². The molecule has 1 aromatic heterocycles. The van der Waals surface area contributed by atoms with Crippen molar-refractivity contribution in [1.82, 2.24) is 9.97 Å². The highest BCUT2D eigenvalue weighted by molar-refractivity contribution is 5.73. The first-order valence-electron chi connectivity index (χ1n) is 3.16. The van der Waals surface area contributed by atoms with Crippen molar-refractivity contribution in [2.75, 3.05) is 0 Å². The Bertz CT molecular complexity index is 241. The Morgan fingerprint density at radius 3 is 2.57 bits per heavy atom. The number of aromatic amines is 1. The lowest BCUT2D eigenvalue weighted by Gasteiger charge is -2.02. The van der Waals surface area contributed by atoms with Crippen LogP contribution in [-0.4, -0.2) is 38.0 Å². The number of nitrogens with two attached hydrogens (primary N) is 1. The van der Waals surface area contributed by atoms with Crippen molar-refractivity contribution in [3.8, 4) is 0 Å². The molecule has 1 heterocycles. The van der Waals surface area contributed by atoms with E-state index in [4.69, 9.17) is 10.8 Å². The zero-order chi connectivity index (χ0) is 8.27. The van der Waals surface area contributed by atoms with Crippen molar-refractivity contribution in [2.45, 2.75) is 12.5 Å². The topological polar surface area (TPSA) is 155 Å². The zero-order valence-electron chi connectivity index (χ0n) is 7.23. The average molecular weight is 211 g/mol. The second-order valence-corrected chi connectivity index (χ2v) is 2.23. The molecule has 7 nitrogen and oxygen atoms in total. The van der Waals surface area contributed by atoms with Gasteiger partial charge in [-0.3, -0.25) is 9.50 Å². The summed E-state index contributed by atoms with van der Waals surface area (Å²) in [5.41, 5.74) is 6.00. The minimum atomic E-state index is -1.00. The molecular formula is C6H14FN3O4. The van der Waals surface area contributed by atoms with Gasteiger partial charge < -0.3 is 26.8 Å². The monoisotopic (exact) mass is 211 g/mol. The molecule has 8 N–H and O–H groups in total. The van der Waals surface area contributed by atoms with E-state index in [0.29, 0.717) is 0 Å². The maximum absolute atomic E-state index is 10.3. The molecule has 0 saturated heterocycles. The molecule has 0 fully saturated rings. The maximum Gasteiger partial charge on any atom is 0.320 e. The molecule has 8 heteroatoms. The molecule has 14 heavy (non-hydrogen) atoms. The van der Waals surface area contributed by atoms with Gasteiger partial charge in [-0.05, 0) is 0 Å². The van der Waals surface area contributed by atoms with Gasteiger partial charge in [-0.1, -0.05) is 0 Å². The van der Waals surface area contributed by atoms with E-state index in [-0.39, 0.29) is 22.1 Å². The van der Waals surface area contributed by atoms with E-state index in [1.54, 1.807) is 6.20 Å². The van der Waals surface area contributed by atoms with Gasteiger partial charge in [0.15, 0.2) is 0 Å². The van der Waals surface area contributed by atoms with Crippen LogP contribution in [0.4, 0.5) is 4.70 Å². The van der Waals surface area contributed by atoms with Crippen molar-refractivity contribution in [3.05, 3.63) is 18.2 Å². The van der Waals surface area contributed by atoms with Crippen LogP contribution in [0.3, 0.4) is 0 Å². The van der Waals surface area contributed by atoms with E-state index >= 15 is 0 Å². The number of hydrogen-bond acceptors (Lipinski definition) is 3. The summed E-state index contributed by atoms with van der Waals surface area (Å²) in [6, 6.07) is -0.851. The second kappa shape index (κ2) is 8.10. The van der Waals surface area contributed by atoms with Gasteiger partial charge in [-0.15, -0.1) is 0 Å². The second-order valence-electron chi connectivity index (χ2n) is 2.23. The highest BCUT2D eigenvalue weighted by atomic mass is 19.0. The van der Waals surface area contributed by atoms with Crippen LogP contribution < -0.4 is 5.73 Å². The van der Waals surface area contributed by atoms with Crippen LogP contribution in [0.5, 0.6) is 0 Å². The molecule has 0 aliphatic heterocycles. The summed E-state index contributed by atoms with van der Waals surface area (Å²) in [6.45, 7) is 0. The van der Waals surface area contributed by atoms with Crippen LogP contribution in [-0.2, 0) is 11.2 Å². The van der Waals surface area contributed by atoms with E-state index in [2.05, 4.69) is 9.97 Å². The van der Waals surface area contributed by atoms with Crippen LogP contribution >= 0.6 is 0 Å². The van der Waals surface area contributed by atoms with Crippen LogP contribution in [0.15, 0.2) is 12.5 Å². The lowest BCUT2D eigenvalue weighted by molar-refractivity contribution is -0.138. The Kier molecular flexibility index (Phi) is 10.6. The van der Waals surface area contributed by atoms with Gasteiger partial charge in [0.05, 0.1) is 6.33 Å². The van der Waals surface area contributed by atoms with Crippen LogP contribution in [0, 0.1) is 0 Å². The number of nitrogens with one attached hydrogen (secondary N) is 1. The first kappa shape index (κ1) is 18.3. The fourth-order valence-corrected chi connectivity index (χ4v) is 0.721. The predicted octanol–water partition coefficient (Wildman–Crippen LogP) is -2.13. The normalized spacial score (nSPS) is 10.1. The van der Waals surface area contributed by atoms with Crippen LogP contribution in [0.1, 0.15) is 5.69 Å². The van der Waals surface area contributed by atoms with E-state index in [1.165, 1.54) is 6.33 Å². The zero-order valence-corrected chi connectivity index (χ0v) is 7.23. The molecule has 0 aliphatic carbocycles. The smallest absolute Gasteiger partial charge is 0.320 e. The third-order valence-corrected chi connectivity index (χ3v) is 1.31. The third-order valence-electron chi connectivity index (χ3n) is 1.31. The molecule has 1 aromatic rings. The van der Waals surface area contributed by atoms with Crippen molar-refractivity contribution >= 4 is 5.97 Å². The molecule has 84 valence electrons. The molecule has 0 unspecified atom stereocenters. The summed E-state index contributed by atoms with van der Waals surface area (Å²) in [5.74, 6) is -1.00. The van der Waals surface area contributed by atoms with Gasteiger partial charge >= 0.3 is 5.97 Å².